The summed E-state index contributed by atoms with van der Waals surface area (Å²) in [7, 11) is 1.32. The van der Waals surface area contributed by atoms with E-state index in [-0.39, 0.29) is 22.6 Å². The predicted molar refractivity (Wildman–Crippen MR) is 54.3 cm³/mol. The second-order valence-corrected chi connectivity index (χ2v) is 3.67. The van der Waals surface area contributed by atoms with Crippen LogP contribution in [0.1, 0.15) is 12.6 Å². The second-order valence-electron chi connectivity index (χ2n) is 2.92. The summed E-state index contributed by atoms with van der Waals surface area (Å²) in [6, 6.07) is 0. The van der Waals surface area contributed by atoms with E-state index >= 15 is 0 Å². The zero-order valence-corrected chi connectivity index (χ0v) is 9.06. The summed E-state index contributed by atoms with van der Waals surface area (Å²) in [6.07, 6.45) is 1.52. The maximum atomic E-state index is 10.8. The van der Waals surface area contributed by atoms with E-state index in [1.165, 1.54) is 13.4 Å². The molecule has 1 atom stereocenters. The number of hydrogen-bond acceptors (Lipinski definition) is 5. The first-order chi connectivity index (χ1) is 7.06. The number of ether oxygens (including phenoxy) is 1. The minimum absolute atomic E-state index is 0.0395. The van der Waals surface area contributed by atoms with Crippen LogP contribution in [-0.4, -0.2) is 27.4 Å². The molecule has 1 aromatic rings. The Balaban J connectivity index is 3.19. The molecule has 0 aliphatic carbocycles. The van der Waals surface area contributed by atoms with Crippen LogP contribution in [0.3, 0.4) is 0 Å². The first-order valence-electron chi connectivity index (χ1n) is 4.22. The van der Waals surface area contributed by atoms with Gasteiger partial charge in [0.2, 0.25) is 0 Å². The lowest BCUT2D eigenvalue weighted by atomic mass is 10.2. The summed E-state index contributed by atoms with van der Waals surface area (Å²) in [5.41, 5.74) is 0.0712. The predicted octanol–water partition coefficient (Wildman–Crippen LogP) is 1.56. The Morgan fingerprint density at radius 1 is 1.67 bits per heavy atom. The summed E-state index contributed by atoms with van der Waals surface area (Å²) >= 11 is 5.76. The highest BCUT2D eigenvalue weighted by atomic mass is 35.5. The Labute approximate surface area is 91.4 Å². The van der Waals surface area contributed by atoms with Crippen LogP contribution < -0.4 is 4.74 Å². The molecule has 7 heteroatoms. The van der Waals surface area contributed by atoms with Gasteiger partial charge in [0.15, 0.2) is 0 Å². The minimum atomic E-state index is -0.562. The van der Waals surface area contributed by atoms with Gasteiger partial charge in [-0.05, 0) is 6.92 Å². The van der Waals surface area contributed by atoms with Crippen LogP contribution >= 0.6 is 11.6 Å². The van der Waals surface area contributed by atoms with Gasteiger partial charge in [0.05, 0.1) is 12.0 Å². The van der Waals surface area contributed by atoms with E-state index in [1.54, 1.807) is 6.92 Å². The summed E-state index contributed by atoms with van der Waals surface area (Å²) in [5, 5.41) is 10.6. The van der Waals surface area contributed by atoms with Crippen molar-refractivity contribution >= 4 is 17.3 Å². The van der Waals surface area contributed by atoms with Gasteiger partial charge in [0.25, 0.3) is 5.88 Å². The number of alkyl halides is 1. The molecule has 0 saturated heterocycles. The largest absolute Gasteiger partial charge is 0.476 e. The Kier molecular flexibility index (Phi) is 3.79. The lowest BCUT2D eigenvalue weighted by molar-refractivity contribution is -0.387. The first kappa shape index (κ1) is 11.6. The molecule has 1 aromatic heterocycles. The van der Waals surface area contributed by atoms with Crippen LogP contribution in [-0.2, 0) is 6.42 Å². The molecular weight excluding hydrogens is 222 g/mol. The van der Waals surface area contributed by atoms with Crippen molar-refractivity contribution in [2.24, 2.45) is 0 Å². The maximum Gasteiger partial charge on any atom is 0.352 e. The fourth-order valence-electron chi connectivity index (χ4n) is 1.15. The number of methoxy groups -OCH3 is 1. The summed E-state index contributed by atoms with van der Waals surface area (Å²) in [6.45, 7) is 1.74. The number of hydrogen-bond donors (Lipinski definition) is 0. The van der Waals surface area contributed by atoms with Crippen LogP contribution in [0.5, 0.6) is 5.88 Å². The number of halogens is 1. The summed E-state index contributed by atoms with van der Waals surface area (Å²) in [5.74, 6) is -0.0395. The molecule has 1 heterocycles. The lowest BCUT2D eigenvalue weighted by Crippen LogP contribution is -2.07. The van der Waals surface area contributed by atoms with Gasteiger partial charge in [-0.25, -0.2) is 4.98 Å². The molecule has 0 aliphatic heterocycles. The van der Waals surface area contributed by atoms with E-state index in [1.807, 2.05) is 0 Å². The molecule has 1 unspecified atom stereocenters. The van der Waals surface area contributed by atoms with E-state index in [0.29, 0.717) is 6.42 Å². The second kappa shape index (κ2) is 4.88. The topological polar surface area (TPSA) is 78.2 Å². The number of aromatic nitrogens is 2. The van der Waals surface area contributed by atoms with Gasteiger partial charge in [-0.15, -0.1) is 11.6 Å². The van der Waals surface area contributed by atoms with Gasteiger partial charge in [-0.3, -0.25) is 10.1 Å². The smallest absolute Gasteiger partial charge is 0.352 e. The third-order valence-electron chi connectivity index (χ3n) is 1.72. The Morgan fingerprint density at radius 3 is 2.80 bits per heavy atom. The molecule has 6 nitrogen and oxygen atoms in total. The average Bonchev–Trinajstić information content (AvgIpc) is 2.15. The molecular formula is C8H10ClN3O3. The van der Waals surface area contributed by atoms with Gasteiger partial charge in [-0.1, -0.05) is 0 Å². The first-order valence-corrected chi connectivity index (χ1v) is 4.66. The summed E-state index contributed by atoms with van der Waals surface area (Å²) < 4.78 is 4.79. The highest BCUT2D eigenvalue weighted by Gasteiger charge is 2.24. The van der Waals surface area contributed by atoms with Gasteiger partial charge in [0, 0.05) is 11.8 Å². The SMILES string of the molecule is COc1ncnc(CC(C)Cl)c1[N+](=O)[O-]. The molecule has 0 spiro atoms. The Morgan fingerprint density at radius 2 is 2.33 bits per heavy atom. The Bertz CT molecular complexity index is 370. The van der Waals surface area contributed by atoms with Crippen molar-refractivity contribution in [3.05, 3.63) is 22.1 Å². The van der Waals surface area contributed by atoms with Crippen molar-refractivity contribution < 1.29 is 9.66 Å². The molecule has 0 N–H and O–H groups in total. The molecule has 1 rings (SSSR count). The zero-order valence-electron chi connectivity index (χ0n) is 8.31. The van der Waals surface area contributed by atoms with Gasteiger partial charge >= 0.3 is 5.69 Å². The lowest BCUT2D eigenvalue weighted by Gasteiger charge is -2.05. The maximum absolute atomic E-state index is 10.8. The summed E-state index contributed by atoms with van der Waals surface area (Å²) in [4.78, 5) is 17.7. The molecule has 0 saturated carbocycles. The zero-order chi connectivity index (χ0) is 11.4. The van der Waals surface area contributed by atoms with Crippen LogP contribution in [0, 0.1) is 10.1 Å². The van der Waals surface area contributed by atoms with Crippen LogP contribution in [0.15, 0.2) is 6.33 Å². The molecule has 0 fully saturated rings. The fourth-order valence-corrected chi connectivity index (χ4v) is 1.29. The van der Waals surface area contributed by atoms with Crippen molar-refractivity contribution in [3.8, 4) is 5.88 Å². The minimum Gasteiger partial charge on any atom is -0.476 e. The molecule has 0 aliphatic rings. The Hall–Kier alpha value is -1.43. The van der Waals surface area contributed by atoms with Gasteiger partial charge in [-0.2, -0.15) is 4.98 Å². The van der Waals surface area contributed by atoms with Crippen molar-refractivity contribution in [1.82, 2.24) is 9.97 Å². The fraction of sp³-hybridized carbons (Fsp3) is 0.500. The molecule has 0 bridgehead atoms. The van der Waals surface area contributed by atoms with Gasteiger partial charge in [0.1, 0.15) is 12.0 Å². The van der Waals surface area contributed by atoms with E-state index in [9.17, 15) is 10.1 Å². The van der Waals surface area contributed by atoms with Gasteiger partial charge < -0.3 is 4.74 Å². The third kappa shape index (κ3) is 2.76. The molecule has 82 valence electrons. The number of nitro groups is 1. The monoisotopic (exact) mass is 231 g/mol. The van der Waals surface area contributed by atoms with Crippen molar-refractivity contribution in [2.45, 2.75) is 18.7 Å². The quantitative estimate of drug-likeness (QED) is 0.446. The average molecular weight is 232 g/mol. The normalized spacial score (nSPS) is 12.2. The van der Waals surface area contributed by atoms with E-state index in [4.69, 9.17) is 16.3 Å². The number of rotatable bonds is 4. The molecule has 15 heavy (non-hydrogen) atoms. The van der Waals surface area contributed by atoms with Crippen LogP contribution in [0.2, 0.25) is 0 Å². The van der Waals surface area contributed by atoms with E-state index < -0.39 is 4.92 Å². The highest BCUT2D eigenvalue weighted by molar-refractivity contribution is 6.20. The van der Waals surface area contributed by atoms with Crippen LogP contribution in [0.4, 0.5) is 5.69 Å². The van der Waals surface area contributed by atoms with E-state index in [2.05, 4.69) is 9.97 Å². The highest BCUT2D eigenvalue weighted by Crippen LogP contribution is 2.27. The molecule has 0 amide bonds. The molecule has 0 aromatic carbocycles. The molecule has 0 radical (unpaired) electrons. The van der Waals surface area contributed by atoms with E-state index in [0.717, 1.165) is 0 Å². The van der Waals surface area contributed by atoms with Crippen molar-refractivity contribution in [1.29, 1.82) is 0 Å². The number of nitrogens with zero attached hydrogens (tertiary/aromatic N) is 3. The standard InChI is InChI=1S/C8H10ClN3O3/c1-5(9)3-6-7(12(13)14)8(15-2)11-4-10-6/h4-5H,3H2,1-2H3. The van der Waals surface area contributed by atoms with Crippen LogP contribution in [0.25, 0.3) is 0 Å². The van der Waals surface area contributed by atoms with Crippen molar-refractivity contribution in [3.63, 3.8) is 0 Å². The van der Waals surface area contributed by atoms with Crippen molar-refractivity contribution in [2.75, 3.05) is 7.11 Å². The third-order valence-corrected chi connectivity index (χ3v) is 1.87.